The summed E-state index contributed by atoms with van der Waals surface area (Å²) in [7, 11) is 4.49. The van der Waals surface area contributed by atoms with Crippen LogP contribution in [0.25, 0.3) is 0 Å². The van der Waals surface area contributed by atoms with Gasteiger partial charge in [0.05, 0.1) is 33.8 Å². The lowest BCUT2D eigenvalue weighted by atomic mass is 10.1. The van der Waals surface area contributed by atoms with Crippen molar-refractivity contribution < 1.29 is 14.0 Å². The lowest BCUT2D eigenvalue weighted by Crippen LogP contribution is -2.41. The second-order valence-electron chi connectivity index (χ2n) is 8.24. The van der Waals surface area contributed by atoms with Crippen LogP contribution >= 0.6 is 0 Å². The summed E-state index contributed by atoms with van der Waals surface area (Å²) >= 11 is 0. The Labute approximate surface area is 158 Å². The minimum absolute atomic E-state index is 0.00304. The molecule has 0 fully saturated rings. The van der Waals surface area contributed by atoms with Crippen LogP contribution in [0.2, 0.25) is 0 Å². The Hall–Kier alpha value is -0.570. The van der Waals surface area contributed by atoms with E-state index in [0.717, 1.165) is 23.9 Å². The van der Waals surface area contributed by atoms with E-state index in [1.165, 1.54) is 77.2 Å². The van der Waals surface area contributed by atoms with Gasteiger partial charge in [0.25, 0.3) is 0 Å². The fourth-order valence-corrected chi connectivity index (χ4v) is 3.40. The summed E-state index contributed by atoms with van der Waals surface area (Å²) in [6.45, 7) is 7.34. The molecular formula is C22H46NO2+. The van der Waals surface area contributed by atoms with Gasteiger partial charge in [-0.2, -0.15) is 0 Å². The van der Waals surface area contributed by atoms with Crippen molar-refractivity contribution in [2.75, 3.05) is 33.8 Å². The largest absolute Gasteiger partial charge is 0.465 e. The summed E-state index contributed by atoms with van der Waals surface area (Å²) in [4.78, 5) is 11.7. The molecule has 0 aromatic rings. The van der Waals surface area contributed by atoms with Crippen molar-refractivity contribution in [1.29, 1.82) is 0 Å². The molecule has 25 heavy (non-hydrogen) atoms. The van der Waals surface area contributed by atoms with E-state index in [2.05, 4.69) is 27.9 Å². The van der Waals surface area contributed by atoms with E-state index < -0.39 is 0 Å². The zero-order valence-corrected chi connectivity index (χ0v) is 17.8. The summed E-state index contributed by atoms with van der Waals surface area (Å²) in [5.74, 6) is -0.00304. The first-order valence-electron chi connectivity index (χ1n) is 11.0. The summed E-state index contributed by atoms with van der Waals surface area (Å²) in [5.41, 5.74) is 0. The van der Waals surface area contributed by atoms with Gasteiger partial charge < -0.3 is 9.22 Å². The Morgan fingerprint density at radius 2 is 1.20 bits per heavy atom. The molecule has 0 heterocycles. The van der Waals surface area contributed by atoms with Crippen molar-refractivity contribution in [3.63, 3.8) is 0 Å². The Morgan fingerprint density at radius 3 is 1.72 bits per heavy atom. The smallest absolute Gasteiger partial charge is 0.305 e. The second-order valence-corrected chi connectivity index (χ2v) is 8.24. The number of carbonyl (C=O) groups is 1. The van der Waals surface area contributed by atoms with Gasteiger partial charge in [-0.1, -0.05) is 78.1 Å². The molecule has 0 spiro atoms. The second kappa shape index (κ2) is 16.9. The highest BCUT2D eigenvalue weighted by molar-refractivity contribution is 5.69. The third kappa shape index (κ3) is 18.0. The van der Waals surface area contributed by atoms with Crippen molar-refractivity contribution in [2.24, 2.45) is 0 Å². The standard InChI is InChI=1S/C22H46NO2/c1-5-7-8-9-10-11-12-13-14-15-16-18-22(24)25-21-17-20-23(3,4)19-6-2/h5-21H2,1-4H3/q+1. The maximum absolute atomic E-state index is 11.7. The predicted octanol–water partition coefficient (Wildman–Crippen LogP) is 6.11. The number of carbonyl (C=O) groups excluding carboxylic acids is 1. The Morgan fingerprint density at radius 1 is 0.680 bits per heavy atom. The van der Waals surface area contributed by atoms with Crippen LogP contribution in [-0.2, 0) is 9.53 Å². The van der Waals surface area contributed by atoms with E-state index in [1.54, 1.807) is 0 Å². The van der Waals surface area contributed by atoms with Crippen LogP contribution < -0.4 is 0 Å². The number of ether oxygens (including phenoxy) is 1. The lowest BCUT2D eigenvalue weighted by molar-refractivity contribution is -0.890. The molecule has 0 aliphatic rings. The fourth-order valence-electron chi connectivity index (χ4n) is 3.40. The van der Waals surface area contributed by atoms with Gasteiger partial charge >= 0.3 is 5.97 Å². The molecule has 3 nitrogen and oxygen atoms in total. The van der Waals surface area contributed by atoms with Gasteiger partial charge in [-0.25, -0.2) is 0 Å². The topological polar surface area (TPSA) is 26.3 Å². The zero-order chi connectivity index (χ0) is 18.8. The Bertz CT molecular complexity index is 302. The predicted molar refractivity (Wildman–Crippen MR) is 109 cm³/mol. The van der Waals surface area contributed by atoms with Crippen molar-refractivity contribution in [1.82, 2.24) is 0 Å². The highest BCUT2D eigenvalue weighted by atomic mass is 16.5. The van der Waals surface area contributed by atoms with Gasteiger partial charge in [0, 0.05) is 12.8 Å². The molecule has 0 unspecified atom stereocenters. The molecule has 0 aromatic heterocycles. The van der Waals surface area contributed by atoms with Crippen LogP contribution in [0, 0.1) is 0 Å². The number of quaternary nitrogens is 1. The average Bonchev–Trinajstić information content (AvgIpc) is 2.56. The molecule has 3 heteroatoms. The van der Waals surface area contributed by atoms with Crippen LogP contribution in [0.15, 0.2) is 0 Å². The summed E-state index contributed by atoms with van der Waals surface area (Å²) in [6, 6.07) is 0. The van der Waals surface area contributed by atoms with Crippen LogP contribution in [0.4, 0.5) is 0 Å². The monoisotopic (exact) mass is 356 g/mol. The van der Waals surface area contributed by atoms with E-state index in [1.807, 2.05) is 0 Å². The van der Waals surface area contributed by atoms with Crippen LogP contribution in [0.3, 0.4) is 0 Å². The first-order valence-corrected chi connectivity index (χ1v) is 11.0. The number of nitrogens with zero attached hydrogens (tertiary/aromatic N) is 1. The summed E-state index contributed by atoms with van der Waals surface area (Å²) in [5, 5.41) is 0. The first-order chi connectivity index (χ1) is 12.0. The molecule has 0 N–H and O–H groups in total. The van der Waals surface area contributed by atoms with Crippen LogP contribution in [0.5, 0.6) is 0 Å². The van der Waals surface area contributed by atoms with E-state index in [9.17, 15) is 4.79 Å². The zero-order valence-electron chi connectivity index (χ0n) is 17.8. The maximum atomic E-state index is 11.7. The highest BCUT2D eigenvalue weighted by Gasteiger charge is 2.13. The molecular weight excluding hydrogens is 310 g/mol. The lowest BCUT2D eigenvalue weighted by Gasteiger charge is -2.29. The number of unbranched alkanes of at least 4 members (excludes halogenated alkanes) is 10. The quantitative estimate of drug-likeness (QED) is 0.168. The molecule has 0 amide bonds. The van der Waals surface area contributed by atoms with E-state index >= 15 is 0 Å². The average molecular weight is 357 g/mol. The number of rotatable bonds is 18. The highest BCUT2D eigenvalue weighted by Crippen LogP contribution is 2.12. The van der Waals surface area contributed by atoms with E-state index in [-0.39, 0.29) is 5.97 Å². The minimum atomic E-state index is -0.00304. The molecule has 0 aliphatic carbocycles. The van der Waals surface area contributed by atoms with Gasteiger partial charge in [-0.15, -0.1) is 0 Å². The number of esters is 1. The first kappa shape index (κ1) is 24.4. The van der Waals surface area contributed by atoms with Crippen molar-refractivity contribution in [3.8, 4) is 0 Å². The molecule has 0 saturated carbocycles. The normalized spacial score (nSPS) is 11.7. The van der Waals surface area contributed by atoms with Crippen molar-refractivity contribution in [2.45, 2.75) is 104 Å². The molecule has 0 saturated heterocycles. The van der Waals surface area contributed by atoms with Gasteiger partial charge in [0.1, 0.15) is 0 Å². The molecule has 0 aromatic carbocycles. The third-order valence-electron chi connectivity index (χ3n) is 4.98. The number of hydrogen-bond acceptors (Lipinski definition) is 2. The molecule has 0 atom stereocenters. The minimum Gasteiger partial charge on any atom is -0.465 e. The molecule has 0 aliphatic heterocycles. The fraction of sp³-hybridized carbons (Fsp3) is 0.955. The summed E-state index contributed by atoms with van der Waals surface area (Å²) < 4.78 is 6.38. The molecule has 0 bridgehead atoms. The molecule has 0 rings (SSSR count). The Balaban J connectivity index is 3.31. The van der Waals surface area contributed by atoms with Crippen LogP contribution in [-0.4, -0.2) is 44.2 Å². The third-order valence-corrected chi connectivity index (χ3v) is 4.98. The SMILES string of the molecule is CCCCCCCCCCCCCC(=O)OCCC[N+](C)(C)CCC. The van der Waals surface area contributed by atoms with Crippen molar-refractivity contribution >= 4 is 5.97 Å². The molecule has 0 radical (unpaired) electrons. The summed E-state index contributed by atoms with van der Waals surface area (Å²) in [6.07, 6.45) is 17.2. The molecule has 150 valence electrons. The van der Waals surface area contributed by atoms with Gasteiger partial charge in [0.15, 0.2) is 0 Å². The van der Waals surface area contributed by atoms with Gasteiger partial charge in [-0.3, -0.25) is 4.79 Å². The van der Waals surface area contributed by atoms with E-state index in [4.69, 9.17) is 4.74 Å². The van der Waals surface area contributed by atoms with Gasteiger partial charge in [0.2, 0.25) is 0 Å². The van der Waals surface area contributed by atoms with Crippen LogP contribution in [0.1, 0.15) is 104 Å². The van der Waals surface area contributed by atoms with E-state index in [0.29, 0.717) is 13.0 Å². The number of hydrogen-bond donors (Lipinski definition) is 0. The maximum Gasteiger partial charge on any atom is 0.305 e. The van der Waals surface area contributed by atoms with Gasteiger partial charge in [-0.05, 0) is 12.8 Å². The van der Waals surface area contributed by atoms with Crippen molar-refractivity contribution in [3.05, 3.63) is 0 Å². The Kier molecular flexibility index (Phi) is 16.5.